The van der Waals surface area contributed by atoms with Gasteiger partial charge < -0.3 is 14.8 Å². The van der Waals surface area contributed by atoms with E-state index in [-0.39, 0.29) is 0 Å². The maximum Gasteiger partial charge on any atom is 0.119 e. The maximum absolute atomic E-state index is 5.79. The lowest BCUT2D eigenvalue weighted by atomic mass is 10.2. The lowest BCUT2D eigenvalue weighted by Gasteiger charge is -2.28. The van der Waals surface area contributed by atoms with Gasteiger partial charge in [-0.2, -0.15) is 0 Å². The second kappa shape index (κ2) is 6.03. The Morgan fingerprint density at radius 1 is 1.41 bits per heavy atom. The van der Waals surface area contributed by atoms with Gasteiger partial charge in [-0.15, -0.1) is 0 Å². The van der Waals surface area contributed by atoms with Gasteiger partial charge in [-0.25, -0.2) is 0 Å². The monoisotopic (exact) mass is 235 g/mol. The zero-order valence-corrected chi connectivity index (χ0v) is 10.6. The van der Waals surface area contributed by atoms with Crippen molar-refractivity contribution < 1.29 is 9.47 Å². The largest absolute Gasteiger partial charge is 0.492 e. The summed E-state index contributed by atoms with van der Waals surface area (Å²) in [6, 6.07) is 8.99. The van der Waals surface area contributed by atoms with E-state index < -0.39 is 0 Å². The molecule has 0 saturated carbocycles. The maximum atomic E-state index is 5.79. The van der Waals surface area contributed by atoms with Gasteiger partial charge in [0.15, 0.2) is 0 Å². The van der Waals surface area contributed by atoms with Crippen molar-refractivity contribution >= 4 is 0 Å². The van der Waals surface area contributed by atoms with E-state index in [1.807, 2.05) is 12.1 Å². The van der Waals surface area contributed by atoms with E-state index in [4.69, 9.17) is 9.47 Å². The summed E-state index contributed by atoms with van der Waals surface area (Å²) in [7, 11) is 0. The average molecular weight is 235 g/mol. The van der Waals surface area contributed by atoms with E-state index in [1.165, 1.54) is 5.56 Å². The van der Waals surface area contributed by atoms with Crippen LogP contribution in [0.15, 0.2) is 24.3 Å². The molecule has 0 radical (unpaired) electrons. The SMILES string of the molecule is CCc1cccc(OCC2COCC(C)N2)c1. The topological polar surface area (TPSA) is 30.5 Å². The van der Waals surface area contributed by atoms with E-state index >= 15 is 0 Å². The zero-order chi connectivity index (χ0) is 12.1. The fraction of sp³-hybridized carbons (Fsp3) is 0.571. The molecule has 2 unspecified atom stereocenters. The summed E-state index contributed by atoms with van der Waals surface area (Å²) in [5.41, 5.74) is 1.31. The van der Waals surface area contributed by atoms with E-state index in [0.717, 1.165) is 25.4 Å². The molecular formula is C14H21NO2. The van der Waals surface area contributed by atoms with E-state index in [9.17, 15) is 0 Å². The van der Waals surface area contributed by atoms with Gasteiger partial charge >= 0.3 is 0 Å². The number of benzene rings is 1. The van der Waals surface area contributed by atoms with Gasteiger partial charge in [0.25, 0.3) is 0 Å². The van der Waals surface area contributed by atoms with Crippen LogP contribution in [0.1, 0.15) is 19.4 Å². The van der Waals surface area contributed by atoms with E-state index in [2.05, 4.69) is 31.3 Å². The molecule has 0 aliphatic carbocycles. The van der Waals surface area contributed by atoms with Crippen molar-refractivity contribution in [1.82, 2.24) is 5.32 Å². The number of rotatable bonds is 4. The Hall–Kier alpha value is -1.06. The van der Waals surface area contributed by atoms with Crippen molar-refractivity contribution in [3.63, 3.8) is 0 Å². The van der Waals surface area contributed by atoms with Crippen LogP contribution in [0.25, 0.3) is 0 Å². The number of nitrogens with one attached hydrogen (secondary N) is 1. The third-order valence-electron chi connectivity index (χ3n) is 2.96. The summed E-state index contributed by atoms with van der Waals surface area (Å²) in [5.74, 6) is 0.948. The standard InChI is InChI=1S/C14H21NO2/c1-3-12-5-4-6-14(7-12)17-10-13-9-16-8-11(2)15-13/h4-7,11,13,15H,3,8-10H2,1-2H3. The highest BCUT2D eigenvalue weighted by Crippen LogP contribution is 2.14. The Labute approximate surface area is 103 Å². The molecule has 3 heteroatoms. The van der Waals surface area contributed by atoms with Crippen LogP contribution in [-0.2, 0) is 11.2 Å². The summed E-state index contributed by atoms with van der Waals surface area (Å²) in [6.45, 7) is 6.47. The Balaban J connectivity index is 1.84. The third kappa shape index (κ3) is 3.72. The summed E-state index contributed by atoms with van der Waals surface area (Å²) < 4.78 is 11.3. The van der Waals surface area contributed by atoms with Gasteiger partial charge in [0.05, 0.1) is 19.3 Å². The summed E-state index contributed by atoms with van der Waals surface area (Å²) in [6.07, 6.45) is 1.04. The van der Waals surface area contributed by atoms with Gasteiger partial charge in [-0.1, -0.05) is 19.1 Å². The van der Waals surface area contributed by atoms with Crippen molar-refractivity contribution in [2.45, 2.75) is 32.4 Å². The molecule has 2 atom stereocenters. The lowest BCUT2D eigenvalue weighted by Crippen LogP contribution is -2.50. The minimum atomic E-state index is 0.295. The highest BCUT2D eigenvalue weighted by atomic mass is 16.5. The normalized spacial score (nSPS) is 24.6. The molecular weight excluding hydrogens is 214 g/mol. The number of aryl methyl sites for hydroxylation is 1. The molecule has 1 aromatic rings. The highest BCUT2D eigenvalue weighted by molar-refractivity contribution is 5.28. The number of ether oxygens (including phenoxy) is 2. The third-order valence-corrected chi connectivity index (χ3v) is 2.96. The average Bonchev–Trinajstić information content (AvgIpc) is 2.37. The van der Waals surface area contributed by atoms with Crippen LogP contribution in [0.4, 0.5) is 0 Å². The Morgan fingerprint density at radius 2 is 2.29 bits per heavy atom. The van der Waals surface area contributed by atoms with Crippen molar-refractivity contribution in [2.24, 2.45) is 0 Å². The fourth-order valence-corrected chi connectivity index (χ4v) is 2.03. The smallest absolute Gasteiger partial charge is 0.119 e. The first-order valence-electron chi connectivity index (χ1n) is 6.33. The zero-order valence-electron chi connectivity index (χ0n) is 10.6. The molecule has 3 nitrogen and oxygen atoms in total. The van der Waals surface area contributed by atoms with Crippen LogP contribution in [-0.4, -0.2) is 31.9 Å². The molecule has 1 fully saturated rings. The molecule has 1 heterocycles. The predicted molar refractivity (Wildman–Crippen MR) is 68.5 cm³/mol. The molecule has 2 rings (SSSR count). The molecule has 1 saturated heterocycles. The van der Waals surface area contributed by atoms with Crippen LogP contribution in [0.2, 0.25) is 0 Å². The summed E-state index contributed by atoms with van der Waals surface area (Å²) in [5, 5.41) is 3.47. The summed E-state index contributed by atoms with van der Waals surface area (Å²) >= 11 is 0. The van der Waals surface area contributed by atoms with Crippen molar-refractivity contribution in [3.05, 3.63) is 29.8 Å². The molecule has 1 aromatic carbocycles. The Bertz CT molecular complexity index is 354. The van der Waals surface area contributed by atoms with E-state index in [1.54, 1.807) is 0 Å². The van der Waals surface area contributed by atoms with Crippen molar-refractivity contribution in [3.8, 4) is 5.75 Å². The number of hydrogen-bond acceptors (Lipinski definition) is 3. The molecule has 94 valence electrons. The number of morpholine rings is 1. The van der Waals surface area contributed by atoms with Crippen LogP contribution in [0.3, 0.4) is 0 Å². The van der Waals surface area contributed by atoms with Crippen LogP contribution in [0, 0.1) is 0 Å². The molecule has 0 spiro atoms. The molecule has 1 N–H and O–H groups in total. The van der Waals surface area contributed by atoms with Crippen molar-refractivity contribution in [1.29, 1.82) is 0 Å². The van der Waals surface area contributed by atoms with Crippen LogP contribution >= 0.6 is 0 Å². The molecule has 1 aliphatic heterocycles. The minimum Gasteiger partial charge on any atom is -0.492 e. The van der Waals surface area contributed by atoms with Crippen LogP contribution < -0.4 is 10.1 Å². The molecule has 0 aromatic heterocycles. The Kier molecular flexibility index (Phi) is 4.40. The second-order valence-electron chi connectivity index (χ2n) is 4.61. The first kappa shape index (κ1) is 12.4. The summed E-state index contributed by atoms with van der Waals surface area (Å²) in [4.78, 5) is 0. The fourth-order valence-electron chi connectivity index (χ4n) is 2.03. The van der Waals surface area contributed by atoms with E-state index in [0.29, 0.717) is 18.7 Å². The first-order valence-corrected chi connectivity index (χ1v) is 6.33. The molecule has 0 bridgehead atoms. The van der Waals surface area contributed by atoms with Gasteiger partial charge in [-0.05, 0) is 31.0 Å². The van der Waals surface area contributed by atoms with Crippen LogP contribution in [0.5, 0.6) is 5.75 Å². The Morgan fingerprint density at radius 3 is 3.06 bits per heavy atom. The molecule has 17 heavy (non-hydrogen) atoms. The first-order chi connectivity index (χ1) is 8.28. The quantitative estimate of drug-likeness (QED) is 0.866. The van der Waals surface area contributed by atoms with Gasteiger partial charge in [0, 0.05) is 6.04 Å². The van der Waals surface area contributed by atoms with Gasteiger partial charge in [0.1, 0.15) is 12.4 Å². The van der Waals surface area contributed by atoms with Gasteiger partial charge in [-0.3, -0.25) is 0 Å². The molecule has 0 amide bonds. The van der Waals surface area contributed by atoms with Gasteiger partial charge in [0.2, 0.25) is 0 Å². The predicted octanol–water partition coefficient (Wildman–Crippen LogP) is 2.00. The minimum absolute atomic E-state index is 0.295. The number of hydrogen-bond donors (Lipinski definition) is 1. The van der Waals surface area contributed by atoms with Crippen molar-refractivity contribution in [2.75, 3.05) is 19.8 Å². The highest BCUT2D eigenvalue weighted by Gasteiger charge is 2.18. The lowest BCUT2D eigenvalue weighted by molar-refractivity contribution is 0.0353. The second-order valence-corrected chi connectivity index (χ2v) is 4.61. The molecule has 1 aliphatic rings.